The molecule has 0 radical (unpaired) electrons. The summed E-state index contributed by atoms with van der Waals surface area (Å²) in [5, 5.41) is 6.08. The van der Waals surface area contributed by atoms with Crippen LogP contribution in [0.15, 0.2) is 0 Å². The van der Waals surface area contributed by atoms with Gasteiger partial charge in [-0.25, -0.2) is 0 Å². The largest absolute Gasteiger partial charge is 0.353 e. The zero-order valence-corrected chi connectivity index (χ0v) is 7.89. The molecule has 0 saturated carbocycles. The Balaban J connectivity index is 2.21. The molecular formula is C9H18N2O. The number of hydrogen-bond acceptors (Lipinski definition) is 2. The summed E-state index contributed by atoms with van der Waals surface area (Å²) < 4.78 is 0. The molecule has 70 valence electrons. The Hall–Kier alpha value is -0.570. The zero-order chi connectivity index (χ0) is 8.97. The molecule has 12 heavy (non-hydrogen) atoms. The fraction of sp³-hybridized carbons (Fsp3) is 0.889. The van der Waals surface area contributed by atoms with Crippen LogP contribution in [0, 0.1) is 5.92 Å². The molecule has 2 unspecified atom stereocenters. The Morgan fingerprint density at radius 1 is 1.67 bits per heavy atom. The monoisotopic (exact) mass is 170 g/mol. The third-order valence-electron chi connectivity index (χ3n) is 2.48. The summed E-state index contributed by atoms with van der Waals surface area (Å²) in [7, 11) is 0. The Kier molecular flexibility index (Phi) is 3.53. The smallest absolute Gasteiger partial charge is 0.234 e. The van der Waals surface area contributed by atoms with Crippen LogP contribution < -0.4 is 10.6 Å². The standard InChI is InChI=1S/C9H18N2O/c1-3-7(2)4-8-5-11-9(12)6-10-8/h7-8,10H,3-6H2,1-2H3,(H,11,12). The zero-order valence-electron chi connectivity index (χ0n) is 7.89. The molecule has 2 atom stereocenters. The predicted molar refractivity (Wildman–Crippen MR) is 48.9 cm³/mol. The van der Waals surface area contributed by atoms with Crippen LogP contribution in [-0.2, 0) is 4.79 Å². The molecule has 1 heterocycles. The number of carbonyl (C=O) groups is 1. The highest BCUT2D eigenvalue weighted by Crippen LogP contribution is 2.10. The molecule has 0 aromatic heterocycles. The molecule has 0 aromatic carbocycles. The minimum absolute atomic E-state index is 0.121. The second kappa shape index (κ2) is 4.45. The Labute approximate surface area is 73.9 Å². The summed E-state index contributed by atoms with van der Waals surface area (Å²) in [6.07, 6.45) is 2.38. The molecular weight excluding hydrogens is 152 g/mol. The van der Waals surface area contributed by atoms with Gasteiger partial charge in [0, 0.05) is 12.6 Å². The van der Waals surface area contributed by atoms with E-state index in [2.05, 4.69) is 24.5 Å². The molecule has 1 amide bonds. The van der Waals surface area contributed by atoms with Crippen molar-refractivity contribution in [2.24, 2.45) is 5.92 Å². The number of rotatable bonds is 3. The molecule has 1 fully saturated rings. The Bertz CT molecular complexity index is 149. The average molecular weight is 170 g/mol. The fourth-order valence-corrected chi connectivity index (χ4v) is 1.43. The number of nitrogens with one attached hydrogen (secondary N) is 2. The fourth-order valence-electron chi connectivity index (χ4n) is 1.43. The summed E-state index contributed by atoms with van der Waals surface area (Å²) in [6.45, 7) is 5.73. The van der Waals surface area contributed by atoms with Gasteiger partial charge in [0.15, 0.2) is 0 Å². The van der Waals surface area contributed by atoms with Crippen molar-refractivity contribution >= 4 is 5.91 Å². The van der Waals surface area contributed by atoms with Crippen molar-refractivity contribution < 1.29 is 4.79 Å². The normalized spacial score (nSPS) is 26.5. The first-order valence-corrected chi connectivity index (χ1v) is 4.72. The lowest BCUT2D eigenvalue weighted by atomic mass is 9.98. The molecule has 2 N–H and O–H groups in total. The molecule has 0 bridgehead atoms. The van der Waals surface area contributed by atoms with Gasteiger partial charge in [-0.2, -0.15) is 0 Å². The van der Waals surface area contributed by atoms with Crippen LogP contribution in [0.25, 0.3) is 0 Å². The van der Waals surface area contributed by atoms with E-state index in [1.54, 1.807) is 0 Å². The average Bonchev–Trinajstić information content (AvgIpc) is 2.09. The third kappa shape index (κ3) is 2.81. The van der Waals surface area contributed by atoms with E-state index in [1.807, 2.05) is 0 Å². The minimum Gasteiger partial charge on any atom is -0.353 e. The topological polar surface area (TPSA) is 41.1 Å². The number of hydrogen-bond donors (Lipinski definition) is 2. The maximum absolute atomic E-state index is 10.8. The van der Waals surface area contributed by atoms with Gasteiger partial charge < -0.3 is 10.6 Å². The van der Waals surface area contributed by atoms with Crippen molar-refractivity contribution in [2.75, 3.05) is 13.1 Å². The summed E-state index contributed by atoms with van der Waals surface area (Å²) >= 11 is 0. The van der Waals surface area contributed by atoms with Crippen molar-refractivity contribution in [2.45, 2.75) is 32.7 Å². The van der Waals surface area contributed by atoms with Gasteiger partial charge >= 0.3 is 0 Å². The summed E-state index contributed by atoms with van der Waals surface area (Å²) in [5.41, 5.74) is 0. The van der Waals surface area contributed by atoms with E-state index in [0.29, 0.717) is 12.6 Å². The van der Waals surface area contributed by atoms with Crippen LogP contribution in [0.5, 0.6) is 0 Å². The van der Waals surface area contributed by atoms with Gasteiger partial charge in [-0.1, -0.05) is 20.3 Å². The van der Waals surface area contributed by atoms with E-state index >= 15 is 0 Å². The molecule has 1 aliphatic rings. The second-order valence-electron chi connectivity index (χ2n) is 3.63. The van der Waals surface area contributed by atoms with E-state index in [0.717, 1.165) is 18.9 Å². The number of piperazine rings is 1. The van der Waals surface area contributed by atoms with E-state index < -0.39 is 0 Å². The first-order valence-electron chi connectivity index (χ1n) is 4.72. The van der Waals surface area contributed by atoms with Gasteiger partial charge in [0.1, 0.15) is 0 Å². The Morgan fingerprint density at radius 2 is 2.42 bits per heavy atom. The van der Waals surface area contributed by atoms with Crippen LogP contribution >= 0.6 is 0 Å². The van der Waals surface area contributed by atoms with Gasteiger partial charge in [0.25, 0.3) is 0 Å². The highest BCUT2D eigenvalue weighted by atomic mass is 16.2. The quantitative estimate of drug-likeness (QED) is 0.648. The second-order valence-corrected chi connectivity index (χ2v) is 3.63. The number of amides is 1. The first-order chi connectivity index (χ1) is 5.72. The molecule has 1 rings (SSSR count). The lowest BCUT2D eigenvalue weighted by Gasteiger charge is -2.26. The van der Waals surface area contributed by atoms with Crippen LogP contribution in [0.4, 0.5) is 0 Å². The van der Waals surface area contributed by atoms with E-state index in [9.17, 15) is 4.79 Å². The van der Waals surface area contributed by atoms with Crippen LogP contribution in [0.1, 0.15) is 26.7 Å². The first kappa shape index (κ1) is 9.52. The van der Waals surface area contributed by atoms with Crippen molar-refractivity contribution in [3.05, 3.63) is 0 Å². The van der Waals surface area contributed by atoms with Gasteiger partial charge in [-0.3, -0.25) is 4.79 Å². The minimum atomic E-state index is 0.121. The lowest BCUT2D eigenvalue weighted by Crippen LogP contribution is -2.52. The molecule has 0 aliphatic carbocycles. The highest BCUT2D eigenvalue weighted by molar-refractivity contribution is 5.78. The van der Waals surface area contributed by atoms with Gasteiger partial charge in [-0.15, -0.1) is 0 Å². The molecule has 1 saturated heterocycles. The summed E-state index contributed by atoms with van der Waals surface area (Å²) in [4.78, 5) is 10.8. The van der Waals surface area contributed by atoms with Crippen LogP contribution in [0.3, 0.4) is 0 Å². The molecule has 3 nitrogen and oxygen atoms in total. The van der Waals surface area contributed by atoms with Gasteiger partial charge in [-0.05, 0) is 12.3 Å². The maximum atomic E-state index is 10.8. The van der Waals surface area contributed by atoms with Crippen LogP contribution in [0.2, 0.25) is 0 Å². The highest BCUT2D eigenvalue weighted by Gasteiger charge is 2.18. The molecule has 3 heteroatoms. The van der Waals surface area contributed by atoms with Gasteiger partial charge in [0.05, 0.1) is 6.54 Å². The summed E-state index contributed by atoms with van der Waals surface area (Å²) in [6, 6.07) is 0.484. The van der Waals surface area contributed by atoms with Crippen molar-refractivity contribution in [3.63, 3.8) is 0 Å². The van der Waals surface area contributed by atoms with Crippen LogP contribution in [-0.4, -0.2) is 25.0 Å². The SMILES string of the molecule is CCC(C)CC1CNC(=O)CN1. The van der Waals surface area contributed by atoms with Crippen molar-refractivity contribution in [1.29, 1.82) is 0 Å². The van der Waals surface area contributed by atoms with E-state index in [-0.39, 0.29) is 5.91 Å². The molecule has 1 aliphatic heterocycles. The number of carbonyl (C=O) groups excluding carboxylic acids is 1. The summed E-state index contributed by atoms with van der Waals surface area (Å²) in [5.74, 6) is 0.868. The Morgan fingerprint density at radius 3 is 2.92 bits per heavy atom. The van der Waals surface area contributed by atoms with E-state index in [1.165, 1.54) is 6.42 Å². The maximum Gasteiger partial charge on any atom is 0.234 e. The van der Waals surface area contributed by atoms with Gasteiger partial charge in [0.2, 0.25) is 5.91 Å². The predicted octanol–water partition coefficient (Wildman–Crippen LogP) is 0.511. The molecule has 0 spiro atoms. The van der Waals surface area contributed by atoms with E-state index in [4.69, 9.17) is 0 Å². The lowest BCUT2D eigenvalue weighted by molar-refractivity contribution is -0.121. The van der Waals surface area contributed by atoms with Crippen molar-refractivity contribution in [1.82, 2.24) is 10.6 Å². The van der Waals surface area contributed by atoms with Crippen molar-refractivity contribution in [3.8, 4) is 0 Å². The molecule has 0 aromatic rings. The third-order valence-corrected chi connectivity index (χ3v) is 2.48.